The van der Waals surface area contributed by atoms with Crippen molar-refractivity contribution in [3.63, 3.8) is 0 Å². The molecule has 0 aliphatic carbocycles. The van der Waals surface area contributed by atoms with Gasteiger partial charge in [-0.25, -0.2) is 9.78 Å². The first-order valence-corrected chi connectivity index (χ1v) is 10.2. The Balaban J connectivity index is 1.72. The standard InChI is InChI=1S/C24H23N3O3/c1-30-14-19-3-2-10-27(19)22-13-18-12-17(24(28)29)5-7-21(18)26-23(22)16-4-6-20-15(11-16)8-9-25-20/h4-9,11-13,19,25H,2-3,10,14H2,1H3,(H,28,29)/t19-/m1/s1. The number of aromatic amines is 1. The van der Waals surface area contributed by atoms with Gasteiger partial charge in [0.2, 0.25) is 0 Å². The number of aromatic carboxylic acids is 1. The second-order valence-electron chi connectivity index (χ2n) is 7.79. The number of ether oxygens (including phenoxy) is 1. The Labute approximate surface area is 174 Å². The van der Waals surface area contributed by atoms with Gasteiger partial charge in [-0.3, -0.25) is 0 Å². The largest absolute Gasteiger partial charge is 0.478 e. The van der Waals surface area contributed by atoms with Crippen molar-refractivity contribution in [2.75, 3.05) is 25.2 Å². The van der Waals surface area contributed by atoms with E-state index in [-0.39, 0.29) is 11.6 Å². The molecule has 2 aromatic heterocycles. The summed E-state index contributed by atoms with van der Waals surface area (Å²) in [6.07, 6.45) is 4.10. The topological polar surface area (TPSA) is 78.4 Å². The third-order valence-corrected chi connectivity index (χ3v) is 5.91. The van der Waals surface area contributed by atoms with Crippen LogP contribution in [0.1, 0.15) is 23.2 Å². The van der Waals surface area contributed by atoms with Crippen LogP contribution >= 0.6 is 0 Å². The molecule has 4 aromatic rings. The number of nitrogens with zero attached hydrogens (tertiary/aromatic N) is 2. The molecular formula is C24H23N3O3. The van der Waals surface area contributed by atoms with E-state index in [2.05, 4.69) is 40.2 Å². The van der Waals surface area contributed by atoms with Gasteiger partial charge in [0.1, 0.15) is 0 Å². The third-order valence-electron chi connectivity index (χ3n) is 5.91. The zero-order valence-electron chi connectivity index (χ0n) is 16.8. The molecule has 5 rings (SSSR count). The first kappa shape index (κ1) is 18.6. The molecule has 2 N–H and O–H groups in total. The third kappa shape index (κ3) is 3.19. The van der Waals surface area contributed by atoms with Crippen molar-refractivity contribution in [1.29, 1.82) is 0 Å². The number of hydrogen-bond acceptors (Lipinski definition) is 4. The maximum atomic E-state index is 11.5. The normalized spacial score (nSPS) is 16.6. The summed E-state index contributed by atoms with van der Waals surface area (Å²) in [5, 5.41) is 11.4. The van der Waals surface area contributed by atoms with E-state index in [1.54, 1.807) is 25.3 Å². The van der Waals surface area contributed by atoms with Crippen LogP contribution in [0.25, 0.3) is 33.1 Å². The van der Waals surface area contributed by atoms with Gasteiger partial charge >= 0.3 is 5.97 Å². The number of carbonyl (C=O) groups is 1. The molecule has 1 atom stereocenters. The number of pyridine rings is 1. The number of rotatable bonds is 5. The SMILES string of the molecule is COC[C@H]1CCCN1c1cc2cc(C(=O)O)ccc2nc1-c1ccc2[nH]ccc2c1. The molecular weight excluding hydrogens is 378 g/mol. The number of benzene rings is 2. The van der Waals surface area contributed by atoms with Crippen molar-refractivity contribution in [3.8, 4) is 11.3 Å². The van der Waals surface area contributed by atoms with Gasteiger partial charge in [-0.1, -0.05) is 6.07 Å². The first-order valence-electron chi connectivity index (χ1n) is 10.2. The molecule has 30 heavy (non-hydrogen) atoms. The number of fused-ring (bicyclic) bond motifs is 2. The Morgan fingerprint density at radius 2 is 2.10 bits per heavy atom. The lowest BCUT2D eigenvalue weighted by Gasteiger charge is -2.28. The Bertz CT molecular complexity index is 1250. The van der Waals surface area contributed by atoms with Crippen LogP contribution in [0.15, 0.2) is 54.7 Å². The van der Waals surface area contributed by atoms with E-state index in [1.807, 2.05) is 6.20 Å². The van der Waals surface area contributed by atoms with E-state index in [0.717, 1.165) is 58.1 Å². The van der Waals surface area contributed by atoms with Gasteiger partial charge in [-0.05, 0) is 55.3 Å². The quantitative estimate of drug-likeness (QED) is 0.507. The summed E-state index contributed by atoms with van der Waals surface area (Å²) < 4.78 is 5.46. The fourth-order valence-electron chi connectivity index (χ4n) is 4.45. The first-order chi connectivity index (χ1) is 14.6. The summed E-state index contributed by atoms with van der Waals surface area (Å²) in [5.41, 5.74) is 5.13. The summed E-state index contributed by atoms with van der Waals surface area (Å²) in [4.78, 5) is 22.0. The van der Waals surface area contributed by atoms with E-state index in [0.29, 0.717) is 6.61 Å². The average molecular weight is 401 g/mol. The van der Waals surface area contributed by atoms with Gasteiger partial charge in [0, 0.05) is 41.7 Å². The Morgan fingerprint density at radius 1 is 1.20 bits per heavy atom. The number of methoxy groups -OCH3 is 1. The number of H-pyrrole nitrogens is 1. The van der Waals surface area contributed by atoms with Gasteiger partial charge in [-0.15, -0.1) is 0 Å². The van der Waals surface area contributed by atoms with Gasteiger partial charge in [0.15, 0.2) is 0 Å². The predicted molar refractivity (Wildman–Crippen MR) is 118 cm³/mol. The minimum absolute atomic E-state index is 0.270. The summed E-state index contributed by atoms with van der Waals surface area (Å²) in [6.45, 7) is 1.59. The molecule has 0 unspecified atom stereocenters. The summed E-state index contributed by atoms with van der Waals surface area (Å²) in [5.74, 6) is -0.932. The van der Waals surface area contributed by atoms with E-state index < -0.39 is 5.97 Å². The van der Waals surface area contributed by atoms with Crippen LogP contribution in [0.3, 0.4) is 0 Å². The highest BCUT2D eigenvalue weighted by molar-refractivity contribution is 5.97. The molecule has 1 saturated heterocycles. The second-order valence-corrected chi connectivity index (χ2v) is 7.79. The van der Waals surface area contributed by atoms with Crippen molar-refractivity contribution in [1.82, 2.24) is 9.97 Å². The molecule has 0 radical (unpaired) electrons. The van der Waals surface area contributed by atoms with Crippen LogP contribution in [0, 0.1) is 0 Å². The van der Waals surface area contributed by atoms with Gasteiger partial charge in [-0.2, -0.15) is 0 Å². The molecule has 152 valence electrons. The van der Waals surface area contributed by atoms with E-state index >= 15 is 0 Å². The van der Waals surface area contributed by atoms with Crippen LogP contribution in [-0.4, -0.2) is 47.3 Å². The lowest BCUT2D eigenvalue weighted by Crippen LogP contribution is -2.33. The Hall–Kier alpha value is -3.38. The number of anilines is 1. The smallest absolute Gasteiger partial charge is 0.335 e. The van der Waals surface area contributed by atoms with Crippen LogP contribution in [0.4, 0.5) is 5.69 Å². The molecule has 1 aliphatic heterocycles. The zero-order chi connectivity index (χ0) is 20.7. The van der Waals surface area contributed by atoms with E-state index in [1.165, 1.54) is 0 Å². The number of carboxylic acid groups (broad SMARTS) is 1. The van der Waals surface area contributed by atoms with E-state index in [4.69, 9.17) is 9.72 Å². The van der Waals surface area contributed by atoms with Crippen molar-refractivity contribution in [2.24, 2.45) is 0 Å². The second kappa shape index (κ2) is 7.46. The fourth-order valence-corrected chi connectivity index (χ4v) is 4.45. The van der Waals surface area contributed by atoms with E-state index in [9.17, 15) is 9.90 Å². The summed E-state index contributed by atoms with van der Waals surface area (Å²) in [7, 11) is 1.73. The van der Waals surface area contributed by atoms with Crippen molar-refractivity contribution in [3.05, 3.63) is 60.3 Å². The number of hydrogen-bond donors (Lipinski definition) is 2. The van der Waals surface area contributed by atoms with Crippen molar-refractivity contribution in [2.45, 2.75) is 18.9 Å². The highest BCUT2D eigenvalue weighted by Crippen LogP contribution is 2.37. The molecule has 6 nitrogen and oxygen atoms in total. The van der Waals surface area contributed by atoms with Crippen LogP contribution in [-0.2, 0) is 4.74 Å². The van der Waals surface area contributed by atoms with Crippen LogP contribution in [0.2, 0.25) is 0 Å². The molecule has 2 aromatic carbocycles. The maximum Gasteiger partial charge on any atom is 0.335 e. The molecule has 0 saturated carbocycles. The molecule has 1 aliphatic rings. The zero-order valence-corrected chi connectivity index (χ0v) is 16.8. The lowest BCUT2D eigenvalue weighted by atomic mass is 10.0. The van der Waals surface area contributed by atoms with Gasteiger partial charge in [0.05, 0.1) is 35.1 Å². The van der Waals surface area contributed by atoms with Gasteiger partial charge in [0.25, 0.3) is 0 Å². The minimum atomic E-state index is -0.932. The molecule has 1 fully saturated rings. The Morgan fingerprint density at radius 3 is 2.93 bits per heavy atom. The minimum Gasteiger partial charge on any atom is -0.478 e. The summed E-state index contributed by atoms with van der Waals surface area (Å²) in [6, 6.07) is 15.8. The predicted octanol–water partition coefficient (Wildman–Crippen LogP) is 4.70. The highest BCUT2D eigenvalue weighted by atomic mass is 16.5. The van der Waals surface area contributed by atoms with Crippen LogP contribution in [0.5, 0.6) is 0 Å². The summed E-state index contributed by atoms with van der Waals surface area (Å²) >= 11 is 0. The average Bonchev–Trinajstić information content (AvgIpc) is 3.41. The van der Waals surface area contributed by atoms with Crippen molar-refractivity contribution >= 4 is 33.5 Å². The monoisotopic (exact) mass is 401 g/mol. The number of nitrogens with one attached hydrogen (secondary N) is 1. The lowest BCUT2D eigenvalue weighted by molar-refractivity contribution is 0.0697. The molecule has 0 spiro atoms. The number of aromatic nitrogens is 2. The number of carboxylic acids is 1. The van der Waals surface area contributed by atoms with Gasteiger partial charge < -0.3 is 19.7 Å². The maximum absolute atomic E-state index is 11.5. The highest BCUT2D eigenvalue weighted by Gasteiger charge is 2.28. The molecule has 0 amide bonds. The Kier molecular flexibility index (Phi) is 4.64. The van der Waals surface area contributed by atoms with Crippen molar-refractivity contribution < 1.29 is 14.6 Å². The van der Waals surface area contributed by atoms with Crippen LogP contribution < -0.4 is 4.90 Å². The molecule has 3 heterocycles. The molecule has 6 heteroatoms. The fraction of sp³-hybridized carbons (Fsp3) is 0.250. The molecule has 0 bridgehead atoms.